The Morgan fingerprint density at radius 1 is 1.19 bits per heavy atom. The van der Waals surface area contributed by atoms with Gasteiger partial charge in [0.05, 0.1) is 0 Å². The highest BCUT2D eigenvalue weighted by Crippen LogP contribution is 2.26. The molecule has 1 aromatic carbocycles. The number of halogens is 2. The van der Waals surface area contributed by atoms with E-state index in [1.54, 1.807) is 17.4 Å². The first-order valence-corrected chi connectivity index (χ1v) is 6.55. The van der Waals surface area contributed by atoms with E-state index in [9.17, 15) is 4.39 Å². The van der Waals surface area contributed by atoms with Crippen molar-refractivity contribution in [3.8, 4) is 0 Å². The van der Waals surface area contributed by atoms with Crippen LogP contribution in [0.5, 0.6) is 0 Å². The van der Waals surface area contributed by atoms with E-state index in [0.717, 1.165) is 6.42 Å². The van der Waals surface area contributed by atoms with E-state index in [2.05, 4.69) is 6.07 Å². The van der Waals surface area contributed by atoms with Gasteiger partial charge in [0.25, 0.3) is 0 Å². The molecule has 2 aromatic rings. The Kier molecular flexibility index (Phi) is 3.97. The minimum absolute atomic E-state index is 0.0570. The lowest BCUT2D eigenvalue weighted by atomic mass is 9.96. The highest BCUT2D eigenvalue weighted by atomic mass is 35.5. The van der Waals surface area contributed by atoms with Gasteiger partial charge in [-0.05, 0) is 29.5 Å². The first-order chi connectivity index (χ1) is 7.81. The third-order valence-electron chi connectivity index (χ3n) is 2.56. The Hall–Kier alpha value is -0.860. The topological polar surface area (TPSA) is 0 Å². The van der Waals surface area contributed by atoms with Crippen LogP contribution in [0.1, 0.15) is 16.4 Å². The minimum Gasteiger partial charge on any atom is -0.207 e. The maximum atomic E-state index is 13.6. The molecule has 0 bridgehead atoms. The second-order valence-electron chi connectivity index (χ2n) is 3.66. The Morgan fingerprint density at radius 2 is 2.00 bits per heavy atom. The van der Waals surface area contributed by atoms with Crippen molar-refractivity contribution >= 4 is 22.9 Å². The summed E-state index contributed by atoms with van der Waals surface area (Å²) in [4.78, 5) is 1.24. The monoisotopic (exact) mass is 254 g/mol. The highest BCUT2D eigenvalue weighted by molar-refractivity contribution is 7.09. The van der Waals surface area contributed by atoms with E-state index in [-0.39, 0.29) is 11.7 Å². The number of thiophene rings is 1. The molecule has 0 aliphatic rings. The van der Waals surface area contributed by atoms with Gasteiger partial charge in [0.15, 0.2) is 0 Å². The van der Waals surface area contributed by atoms with Gasteiger partial charge in [0, 0.05) is 16.7 Å². The summed E-state index contributed by atoms with van der Waals surface area (Å²) in [6.45, 7) is 0. The van der Waals surface area contributed by atoms with Crippen molar-refractivity contribution in [2.75, 3.05) is 5.88 Å². The molecule has 1 aromatic heterocycles. The van der Waals surface area contributed by atoms with Crippen molar-refractivity contribution in [2.24, 2.45) is 0 Å². The molecule has 0 saturated heterocycles. The third-order valence-corrected chi connectivity index (χ3v) is 3.83. The number of rotatable bonds is 4. The van der Waals surface area contributed by atoms with E-state index < -0.39 is 0 Å². The molecule has 0 radical (unpaired) electrons. The summed E-state index contributed by atoms with van der Waals surface area (Å²) in [5, 5.41) is 2.03. The molecule has 16 heavy (non-hydrogen) atoms. The molecule has 0 aliphatic carbocycles. The molecule has 0 fully saturated rings. The molecule has 0 aliphatic heterocycles. The van der Waals surface area contributed by atoms with Crippen LogP contribution in [-0.4, -0.2) is 5.88 Å². The quantitative estimate of drug-likeness (QED) is 0.707. The highest BCUT2D eigenvalue weighted by Gasteiger charge is 2.15. The lowest BCUT2D eigenvalue weighted by Crippen LogP contribution is -2.06. The summed E-state index contributed by atoms with van der Waals surface area (Å²) < 4.78 is 13.6. The van der Waals surface area contributed by atoms with E-state index in [4.69, 9.17) is 11.6 Å². The van der Waals surface area contributed by atoms with E-state index in [0.29, 0.717) is 11.4 Å². The van der Waals surface area contributed by atoms with Crippen molar-refractivity contribution in [2.45, 2.75) is 12.3 Å². The zero-order valence-corrected chi connectivity index (χ0v) is 10.3. The molecular formula is C13H12ClFS. The fourth-order valence-electron chi connectivity index (χ4n) is 1.73. The van der Waals surface area contributed by atoms with Crippen LogP contribution < -0.4 is 0 Å². The summed E-state index contributed by atoms with van der Waals surface area (Å²) in [5.74, 6) is 0.338. The number of hydrogen-bond donors (Lipinski definition) is 0. The first kappa shape index (κ1) is 11.6. The van der Waals surface area contributed by atoms with Gasteiger partial charge in [0.1, 0.15) is 5.82 Å². The van der Waals surface area contributed by atoms with Crippen LogP contribution in [0.3, 0.4) is 0 Å². The Balaban J connectivity index is 2.20. The molecule has 1 atom stereocenters. The van der Waals surface area contributed by atoms with Crippen molar-refractivity contribution in [3.05, 3.63) is 58.0 Å². The average molecular weight is 255 g/mol. The normalized spacial score (nSPS) is 12.6. The second kappa shape index (κ2) is 5.46. The maximum Gasteiger partial charge on any atom is 0.126 e. The predicted octanol–water partition coefficient (Wildman–Crippen LogP) is 4.45. The summed E-state index contributed by atoms with van der Waals surface area (Å²) in [6, 6.07) is 10.9. The van der Waals surface area contributed by atoms with Crippen molar-refractivity contribution in [3.63, 3.8) is 0 Å². The van der Waals surface area contributed by atoms with Gasteiger partial charge in [-0.3, -0.25) is 0 Å². The fourth-order valence-corrected chi connectivity index (χ4v) is 2.79. The van der Waals surface area contributed by atoms with Gasteiger partial charge in [-0.25, -0.2) is 4.39 Å². The molecule has 1 heterocycles. The molecule has 0 spiro atoms. The van der Waals surface area contributed by atoms with Gasteiger partial charge in [-0.15, -0.1) is 22.9 Å². The zero-order valence-electron chi connectivity index (χ0n) is 8.70. The minimum atomic E-state index is -0.162. The molecule has 1 unspecified atom stereocenters. The number of benzene rings is 1. The number of alkyl halides is 1. The molecule has 84 valence electrons. The van der Waals surface area contributed by atoms with Crippen LogP contribution in [0.4, 0.5) is 4.39 Å². The van der Waals surface area contributed by atoms with Gasteiger partial charge in [-0.2, -0.15) is 0 Å². The molecular weight excluding hydrogens is 243 g/mol. The third kappa shape index (κ3) is 2.63. The molecule has 2 rings (SSSR count). The molecule has 0 saturated carbocycles. The van der Waals surface area contributed by atoms with Gasteiger partial charge < -0.3 is 0 Å². The lowest BCUT2D eigenvalue weighted by molar-refractivity contribution is 0.590. The summed E-state index contributed by atoms with van der Waals surface area (Å²) in [7, 11) is 0. The Morgan fingerprint density at radius 3 is 2.62 bits per heavy atom. The summed E-state index contributed by atoms with van der Waals surface area (Å²) in [5.41, 5.74) is 0.714. The van der Waals surface area contributed by atoms with Crippen LogP contribution in [0.15, 0.2) is 41.8 Å². The Labute approximate surface area is 104 Å². The van der Waals surface area contributed by atoms with E-state index >= 15 is 0 Å². The first-order valence-electron chi connectivity index (χ1n) is 5.14. The fraction of sp³-hybridized carbons (Fsp3) is 0.231. The summed E-state index contributed by atoms with van der Waals surface area (Å²) in [6.07, 6.45) is 0.808. The van der Waals surface area contributed by atoms with Crippen molar-refractivity contribution in [1.82, 2.24) is 0 Å². The van der Waals surface area contributed by atoms with Gasteiger partial charge in [-0.1, -0.05) is 24.3 Å². The number of hydrogen-bond acceptors (Lipinski definition) is 1. The second-order valence-corrected chi connectivity index (χ2v) is 5.00. The largest absolute Gasteiger partial charge is 0.207 e. The Bertz CT molecular complexity index is 439. The van der Waals surface area contributed by atoms with E-state index in [1.165, 1.54) is 10.9 Å². The van der Waals surface area contributed by atoms with Gasteiger partial charge >= 0.3 is 0 Å². The van der Waals surface area contributed by atoms with Crippen molar-refractivity contribution < 1.29 is 4.39 Å². The zero-order chi connectivity index (χ0) is 11.4. The van der Waals surface area contributed by atoms with Crippen LogP contribution in [0.2, 0.25) is 0 Å². The summed E-state index contributed by atoms with van der Waals surface area (Å²) >= 11 is 7.61. The molecule has 0 amide bonds. The molecule has 0 nitrogen and oxygen atoms in total. The standard InChI is InChI=1S/C13H12ClFS/c14-9-10(8-11-4-3-7-16-11)12-5-1-2-6-13(12)15/h1-7,10H,8-9H2. The smallest absolute Gasteiger partial charge is 0.126 e. The predicted molar refractivity (Wildman–Crippen MR) is 67.9 cm³/mol. The van der Waals surface area contributed by atoms with Crippen LogP contribution in [-0.2, 0) is 6.42 Å². The van der Waals surface area contributed by atoms with Crippen LogP contribution in [0, 0.1) is 5.82 Å². The average Bonchev–Trinajstić information content (AvgIpc) is 2.80. The van der Waals surface area contributed by atoms with Crippen LogP contribution >= 0.6 is 22.9 Å². The van der Waals surface area contributed by atoms with E-state index in [1.807, 2.05) is 23.6 Å². The lowest BCUT2D eigenvalue weighted by Gasteiger charge is -2.13. The molecule has 3 heteroatoms. The van der Waals surface area contributed by atoms with Gasteiger partial charge in [0.2, 0.25) is 0 Å². The van der Waals surface area contributed by atoms with Crippen molar-refractivity contribution in [1.29, 1.82) is 0 Å². The van der Waals surface area contributed by atoms with Crippen LogP contribution in [0.25, 0.3) is 0 Å². The SMILES string of the molecule is Fc1ccccc1C(CCl)Cc1cccs1. The maximum absolute atomic E-state index is 13.6. The molecule has 0 N–H and O–H groups in total.